The smallest absolute Gasteiger partial charge is 0.303 e. The standard InChI is InChI=1S/C7H12O2S/c1-5(4-7(8)9)6-2-3-10-6/h5-6H,2-4H2,1H3,(H,8,9). The van der Waals surface area contributed by atoms with Gasteiger partial charge in [0, 0.05) is 11.7 Å². The number of aliphatic carboxylic acids is 1. The van der Waals surface area contributed by atoms with Gasteiger partial charge in [0.1, 0.15) is 0 Å². The van der Waals surface area contributed by atoms with E-state index in [1.807, 2.05) is 18.7 Å². The van der Waals surface area contributed by atoms with Crippen LogP contribution in [0.4, 0.5) is 0 Å². The van der Waals surface area contributed by atoms with Gasteiger partial charge in [-0.25, -0.2) is 0 Å². The van der Waals surface area contributed by atoms with Crippen LogP contribution in [0, 0.1) is 5.92 Å². The molecule has 10 heavy (non-hydrogen) atoms. The lowest BCUT2D eigenvalue weighted by Crippen LogP contribution is -2.25. The summed E-state index contributed by atoms with van der Waals surface area (Å²) in [6, 6.07) is 0. The Hall–Kier alpha value is -0.180. The molecular weight excluding hydrogens is 148 g/mol. The van der Waals surface area contributed by atoms with Gasteiger partial charge in [0.2, 0.25) is 0 Å². The summed E-state index contributed by atoms with van der Waals surface area (Å²) < 4.78 is 0. The zero-order chi connectivity index (χ0) is 7.56. The van der Waals surface area contributed by atoms with Crippen molar-refractivity contribution in [1.82, 2.24) is 0 Å². The van der Waals surface area contributed by atoms with Crippen molar-refractivity contribution in [2.75, 3.05) is 5.75 Å². The maximum atomic E-state index is 10.2. The molecule has 0 aliphatic carbocycles. The summed E-state index contributed by atoms with van der Waals surface area (Å²) in [4.78, 5) is 10.2. The minimum Gasteiger partial charge on any atom is -0.481 e. The molecule has 0 aromatic rings. The second kappa shape index (κ2) is 3.28. The van der Waals surface area contributed by atoms with Crippen LogP contribution >= 0.6 is 11.8 Å². The lowest BCUT2D eigenvalue weighted by atomic mass is 10.0. The fourth-order valence-corrected chi connectivity index (χ4v) is 2.04. The van der Waals surface area contributed by atoms with E-state index >= 15 is 0 Å². The summed E-state index contributed by atoms with van der Waals surface area (Å²) in [6.45, 7) is 2.02. The Balaban J connectivity index is 2.19. The van der Waals surface area contributed by atoms with Crippen molar-refractivity contribution < 1.29 is 9.90 Å². The largest absolute Gasteiger partial charge is 0.481 e. The first-order chi connectivity index (χ1) is 4.70. The Bertz CT molecular complexity index is 132. The van der Waals surface area contributed by atoms with Gasteiger partial charge in [-0.1, -0.05) is 6.92 Å². The quantitative estimate of drug-likeness (QED) is 0.681. The third-order valence-electron chi connectivity index (χ3n) is 1.87. The molecule has 1 saturated heterocycles. The highest BCUT2D eigenvalue weighted by Crippen LogP contribution is 2.34. The average Bonchev–Trinajstić information content (AvgIpc) is 1.55. The number of carboxylic acids is 1. The van der Waals surface area contributed by atoms with Gasteiger partial charge in [0.15, 0.2) is 0 Å². The lowest BCUT2D eigenvalue weighted by Gasteiger charge is -2.29. The van der Waals surface area contributed by atoms with Crippen LogP contribution in [0.5, 0.6) is 0 Å². The molecule has 0 saturated carbocycles. The SMILES string of the molecule is CC(CC(=O)O)C1CCS1. The number of hydrogen-bond acceptors (Lipinski definition) is 2. The molecule has 1 aliphatic heterocycles. The molecule has 58 valence electrons. The van der Waals surface area contributed by atoms with E-state index in [0.717, 1.165) is 0 Å². The van der Waals surface area contributed by atoms with Gasteiger partial charge >= 0.3 is 5.97 Å². The van der Waals surface area contributed by atoms with Crippen molar-refractivity contribution in [1.29, 1.82) is 0 Å². The Morgan fingerprint density at radius 3 is 2.80 bits per heavy atom. The molecule has 2 atom stereocenters. The van der Waals surface area contributed by atoms with Crippen LogP contribution in [0.25, 0.3) is 0 Å². The second-order valence-electron chi connectivity index (χ2n) is 2.77. The van der Waals surface area contributed by atoms with Crippen LogP contribution in [-0.4, -0.2) is 22.1 Å². The fourth-order valence-electron chi connectivity index (χ4n) is 1.11. The zero-order valence-electron chi connectivity index (χ0n) is 6.04. The van der Waals surface area contributed by atoms with Crippen LogP contribution < -0.4 is 0 Å². The van der Waals surface area contributed by atoms with Gasteiger partial charge in [-0.15, -0.1) is 0 Å². The molecule has 0 aromatic carbocycles. The zero-order valence-corrected chi connectivity index (χ0v) is 6.86. The molecule has 0 bridgehead atoms. The maximum absolute atomic E-state index is 10.2. The van der Waals surface area contributed by atoms with Crippen LogP contribution in [-0.2, 0) is 4.79 Å². The van der Waals surface area contributed by atoms with Gasteiger partial charge in [0.25, 0.3) is 0 Å². The first-order valence-corrected chi connectivity index (χ1v) is 4.58. The number of carboxylic acid groups (broad SMARTS) is 1. The molecule has 0 aromatic heterocycles. The number of carbonyl (C=O) groups is 1. The monoisotopic (exact) mass is 160 g/mol. The summed E-state index contributed by atoms with van der Waals surface area (Å²) in [5, 5.41) is 9.06. The summed E-state index contributed by atoms with van der Waals surface area (Å²) in [5.74, 6) is 0.908. The molecule has 1 heterocycles. The van der Waals surface area contributed by atoms with Crippen molar-refractivity contribution in [3.63, 3.8) is 0 Å². The summed E-state index contributed by atoms with van der Waals surface area (Å²) in [5.41, 5.74) is 0. The first kappa shape index (κ1) is 7.92. The molecule has 3 heteroatoms. The number of thioether (sulfide) groups is 1. The van der Waals surface area contributed by atoms with Crippen molar-refractivity contribution in [2.24, 2.45) is 5.92 Å². The Labute approximate surface area is 65.0 Å². The summed E-state index contributed by atoms with van der Waals surface area (Å²) in [6.07, 6.45) is 1.54. The van der Waals surface area contributed by atoms with E-state index in [4.69, 9.17) is 5.11 Å². The maximum Gasteiger partial charge on any atom is 0.303 e. The van der Waals surface area contributed by atoms with E-state index in [9.17, 15) is 4.79 Å². The van der Waals surface area contributed by atoms with Gasteiger partial charge in [-0.3, -0.25) is 4.79 Å². The molecule has 1 aliphatic rings. The normalized spacial score (nSPS) is 27.1. The molecule has 2 unspecified atom stereocenters. The summed E-state index contributed by atoms with van der Waals surface area (Å²) in [7, 11) is 0. The van der Waals surface area contributed by atoms with E-state index in [1.54, 1.807) is 0 Å². The molecule has 1 rings (SSSR count). The van der Waals surface area contributed by atoms with Gasteiger partial charge < -0.3 is 5.11 Å². The predicted molar refractivity (Wildman–Crippen MR) is 42.3 cm³/mol. The molecular formula is C7H12O2S. The van der Waals surface area contributed by atoms with Gasteiger partial charge in [-0.05, 0) is 18.1 Å². The predicted octanol–water partition coefficient (Wildman–Crippen LogP) is 1.60. The molecule has 0 spiro atoms. The molecule has 0 radical (unpaired) electrons. The Kier molecular flexibility index (Phi) is 2.60. The Morgan fingerprint density at radius 2 is 2.50 bits per heavy atom. The van der Waals surface area contributed by atoms with Gasteiger partial charge in [-0.2, -0.15) is 11.8 Å². The second-order valence-corrected chi connectivity index (χ2v) is 4.12. The van der Waals surface area contributed by atoms with Crippen LogP contribution in [0.15, 0.2) is 0 Å². The van der Waals surface area contributed by atoms with E-state index in [-0.39, 0.29) is 0 Å². The lowest BCUT2D eigenvalue weighted by molar-refractivity contribution is -0.137. The highest BCUT2D eigenvalue weighted by atomic mass is 32.2. The third-order valence-corrected chi connectivity index (χ3v) is 3.47. The van der Waals surface area contributed by atoms with E-state index in [1.165, 1.54) is 12.2 Å². The van der Waals surface area contributed by atoms with Crippen LogP contribution in [0.2, 0.25) is 0 Å². The molecule has 0 amide bonds. The van der Waals surface area contributed by atoms with E-state index < -0.39 is 5.97 Å². The minimum absolute atomic E-state index is 0.331. The minimum atomic E-state index is -0.667. The molecule has 2 nitrogen and oxygen atoms in total. The Morgan fingerprint density at radius 1 is 1.90 bits per heavy atom. The van der Waals surface area contributed by atoms with Gasteiger partial charge in [0.05, 0.1) is 0 Å². The third kappa shape index (κ3) is 1.90. The number of hydrogen-bond donors (Lipinski definition) is 1. The van der Waals surface area contributed by atoms with Crippen molar-refractivity contribution >= 4 is 17.7 Å². The van der Waals surface area contributed by atoms with E-state index in [0.29, 0.717) is 17.6 Å². The highest BCUT2D eigenvalue weighted by molar-refractivity contribution is 8.01. The topological polar surface area (TPSA) is 37.3 Å². The fraction of sp³-hybridized carbons (Fsp3) is 0.857. The molecule has 1 N–H and O–H groups in total. The highest BCUT2D eigenvalue weighted by Gasteiger charge is 2.25. The van der Waals surface area contributed by atoms with Crippen molar-refractivity contribution in [3.8, 4) is 0 Å². The first-order valence-electron chi connectivity index (χ1n) is 3.53. The van der Waals surface area contributed by atoms with Crippen molar-refractivity contribution in [2.45, 2.75) is 25.0 Å². The summed E-state index contributed by atoms with van der Waals surface area (Å²) >= 11 is 1.89. The molecule has 1 fully saturated rings. The van der Waals surface area contributed by atoms with Crippen LogP contribution in [0.1, 0.15) is 19.8 Å². The number of rotatable bonds is 3. The van der Waals surface area contributed by atoms with Crippen molar-refractivity contribution in [3.05, 3.63) is 0 Å². The van der Waals surface area contributed by atoms with Crippen LogP contribution in [0.3, 0.4) is 0 Å². The average molecular weight is 160 g/mol. The van der Waals surface area contributed by atoms with E-state index in [2.05, 4.69) is 0 Å².